The second-order valence-corrected chi connectivity index (χ2v) is 25.9. The van der Waals surface area contributed by atoms with Crippen molar-refractivity contribution < 1.29 is 42.9 Å². The molecule has 0 aromatic carbocycles. The highest BCUT2D eigenvalue weighted by molar-refractivity contribution is 5.71. The average molecular weight is 1220 g/mol. The largest absolute Gasteiger partial charge is 0.477 e. The Morgan fingerprint density at radius 1 is 0.356 bits per heavy atom. The summed E-state index contributed by atoms with van der Waals surface area (Å²) in [5.41, 5.74) is 0. The first-order valence-corrected chi connectivity index (χ1v) is 36.8. The molecule has 0 aromatic rings. The summed E-state index contributed by atoms with van der Waals surface area (Å²) < 4.78 is 23.0. The van der Waals surface area contributed by atoms with Crippen LogP contribution in [0.25, 0.3) is 0 Å². The molecule has 0 saturated heterocycles. The molecule has 9 heteroatoms. The Balaban J connectivity index is 4.03. The number of unbranched alkanes of at least 4 members (excludes halogenated alkanes) is 39. The van der Waals surface area contributed by atoms with Gasteiger partial charge in [0.25, 0.3) is 6.29 Å². The maximum absolute atomic E-state index is 13.0. The predicted octanol–water partition coefficient (Wildman–Crippen LogP) is 23.0. The normalized spacial score (nSPS) is 13.2. The molecule has 0 spiro atoms. The molecule has 0 bridgehead atoms. The highest BCUT2D eigenvalue weighted by atomic mass is 16.7. The standard InChI is InChI=1S/C78H139NO8/c1-6-8-10-12-14-16-18-20-22-24-26-28-30-32-33-34-35-36-37-38-39-40-41-42-43-45-47-49-51-53-55-57-59-61-63-65-67-69-76(81)87-74(73-86-78(77(82)83)84-71-70-79(3,4)5)72-85-75(80)68-66-64-62-60-58-56-54-52-50-48-46-44-31-29-27-25-23-21-19-17-15-13-11-9-7-2/h8,10,14,16,19-22,25-28,31,44,74,78H,6-7,9,11-13,15,17-18,23-24,29-30,32-43,45-73H2,1-5H3/p+1/b10-8-,16-14-,21-19-,22-20-,27-25-,28-26-,44-31-. The quantitative estimate of drug-likeness (QED) is 0.0211. The highest BCUT2D eigenvalue weighted by Gasteiger charge is 2.25. The topological polar surface area (TPSA) is 108 Å². The maximum Gasteiger partial charge on any atom is 0.361 e. The van der Waals surface area contributed by atoms with Gasteiger partial charge in [-0.05, 0) is 89.9 Å². The van der Waals surface area contributed by atoms with Crippen LogP contribution in [0.15, 0.2) is 85.1 Å². The Labute approximate surface area is 538 Å². The Hall–Kier alpha value is -3.53. The molecule has 0 aliphatic carbocycles. The van der Waals surface area contributed by atoms with Crippen molar-refractivity contribution in [2.45, 2.75) is 347 Å². The number of aliphatic carboxylic acids is 1. The molecule has 0 amide bonds. The fraction of sp³-hybridized carbons (Fsp3) is 0.782. The van der Waals surface area contributed by atoms with E-state index in [0.717, 1.165) is 77.0 Å². The van der Waals surface area contributed by atoms with Gasteiger partial charge >= 0.3 is 17.9 Å². The summed E-state index contributed by atoms with van der Waals surface area (Å²) in [4.78, 5) is 37.7. The van der Waals surface area contributed by atoms with Crippen molar-refractivity contribution in [3.8, 4) is 0 Å². The molecule has 504 valence electrons. The number of allylic oxidation sites excluding steroid dienone is 14. The number of hydrogen-bond acceptors (Lipinski definition) is 7. The van der Waals surface area contributed by atoms with E-state index >= 15 is 0 Å². The summed E-state index contributed by atoms with van der Waals surface area (Å²) in [7, 11) is 5.98. The van der Waals surface area contributed by atoms with Crippen molar-refractivity contribution in [2.24, 2.45) is 0 Å². The minimum atomic E-state index is -1.51. The third kappa shape index (κ3) is 69.8. The van der Waals surface area contributed by atoms with Crippen LogP contribution in [0.2, 0.25) is 0 Å². The molecule has 0 radical (unpaired) electrons. The molecule has 0 fully saturated rings. The molecule has 1 N–H and O–H groups in total. The molecule has 9 nitrogen and oxygen atoms in total. The van der Waals surface area contributed by atoms with Gasteiger partial charge < -0.3 is 28.5 Å². The zero-order valence-electron chi connectivity index (χ0n) is 57.7. The van der Waals surface area contributed by atoms with Gasteiger partial charge in [-0.15, -0.1) is 0 Å². The molecule has 0 aliphatic heterocycles. The van der Waals surface area contributed by atoms with E-state index in [1.807, 2.05) is 21.1 Å². The summed E-state index contributed by atoms with van der Waals surface area (Å²) in [5.74, 6) is -1.99. The summed E-state index contributed by atoms with van der Waals surface area (Å²) in [6.07, 6.45) is 90.0. The lowest BCUT2D eigenvalue weighted by atomic mass is 10.0. The number of ether oxygens (including phenoxy) is 4. The van der Waals surface area contributed by atoms with E-state index in [4.69, 9.17) is 18.9 Å². The van der Waals surface area contributed by atoms with Crippen molar-refractivity contribution in [1.29, 1.82) is 0 Å². The van der Waals surface area contributed by atoms with Crippen LogP contribution in [-0.2, 0) is 33.3 Å². The summed E-state index contributed by atoms with van der Waals surface area (Å²) in [6, 6.07) is 0. The third-order valence-electron chi connectivity index (χ3n) is 16.1. The Morgan fingerprint density at radius 2 is 0.655 bits per heavy atom. The van der Waals surface area contributed by atoms with Gasteiger partial charge in [0.1, 0.15) is 13.2 Å². The molecule has 87 heavy (non-hydrogen) atoms. The summed E-state index contributed by atoms with van der Waals surface area (Å²) in [6.45, 7) is 4.79. The number of rotatable bonds is 68. The minimum absolute atomic E-state index is 0.183. The number of carbonyl (C=O) groups excluding carboxylic acids is 2. The zero-order valence-corrected chi connectivity index (χ0v) is 57.7. The SMILES string of the molecule is CC/C=C\C/C=C\C/C=C\C/C=C\CCCCCCCCCCCCCCCCCCCCCCCCCCC(=O)OC(COC(=O)CCCCCCCCCCCC/C=C\C/C=C\C/C=C\CCCCCCC)COC(OCC[N+](C)(C)C)C(=O)O. The van der Waals surface area contributed by atoms with Crippen molar-refractivity contribution in [2.75, 3.05) is 47.5 Å². The monoisotopic (exact) mass is 1220 g/mol. The average Bonchev–Trinajstić information content (AvgIpc) is 3.57. The van der Waals surface area contributed by atoms with Crippen LogP contribution in [0, 0.1) is 0 Å². The summed E-state index contributed by atoms with van der Waals surface area (Å²) in [5, 5.41) is 9.75. The van der Waals surface area contributed by atoms with Crippen LogP contribution >= 0.6 is 0 Å². The fourth-order valence-corrected chi connectivity index (χ4v) is 10.5. The lowest BCUT2D eigenvalue weighted by molar-refractivity contribution is -0.870. The molecular weight excluding hydrogens is 1080 g/mol. The smallest absolute Gasteiger partial charge is 0.361 e. The van der Waals surface area contributed by atoms with Crippen molar-refractivity contribution in [1.82, 2.24) is 0 Å². The molecule has 0 aromatic heterocycles. The highest BCUT2D eigenvalue weighted by Crippen LogP contribution is 2.18. The number of esters is 2. The molecule has 0 saturated carbocycles. The molecule has 0 rings (SSSR count). The Bertz CT molecular complexity index is 1700. The van der Waals surface area contributed by atoms with Gasteiger partial charge in [0.15, 0.2) is 6.10 Å². The number of likely N-dealkylation sites (N-methyl/N-ethyl adjacent to an activating group) is 1. The first-order chi connectivity index (χ1) is 42.6. The Morgan fingerprint density at radius 3 is 0.977 bits per heavy atom. The number of hydrogen-bond donors (Lipinski definition) is 1. The lowest BCUT2D eigenvalue weighted by Gasteiger charge is -2.25. The van der Waals surface area contributed by atoms with Crippen molar-refractivity contribution in [3.63, 3.8) is 0 Å². The number of carboxylic acid groups (broad SMARTS) is 1. The number of carboxylic acids is 1. The first-order valence-electron chi connectivity index (χ1n) is 36.8. The molecule has 2 unspecified atom stereocenters. The van der Waals surface area contributed by atoms with Gasteiger partial charge in [-0.1, -0.05) is 317 Å². The maximum atomic E-state index is 13.0. The van der Waals surface area contributed by atoms with Gasteiger partial charge in [-0.2, -0.15) is 0 Å². The van der Waals surface area contributed by atoms with Gasteiger partial charge in [0.2, 0.25) is 0 Å². The first kappa shape index (κ1) is 83.5. The van der Waals surface area contributed by atoms with E-state index in [0.29, 0.717) is 17.4 Å². The molecule has 0 heterocycles. The number of quaternary nitrogens is 1. The van der Waals surface area contributed by atoms with Crippen LogP contribution in [-0.4, -0.2) is 87.4 Å². The Kier molecular flexibility index (Phi) is 65.6. The van der Waals surface area contributed by atoms with Crippen LogP contribution in [0.1, 0.15) is 335 Å². The van der Waals surface area contributed by atoms with E-state index in [9.17, 15) is 19.5 Å². The second kappa shape index (κ2) is 68.4. The van der Waals surface area contributed by atoms with Gasteiger partial charge in [-0.3, -0.25) is 9.59 Å². The summed E-state index contributed by atoms with van der Waals surface area (Å²) >= 11 is 0. The van der Waals surface area contributed by atoms with Gasteiger partial charge in [0, 0.05) is 12.8 Å². The van der Waals surface area contributed by atoms with Crippen LogP contribution in [0.4, 0.5) is 0 Å². The number of carbonyl (C=O) groups is 3. The molecule has 2 atom stereocenters. The van der Waals surface area contributed by atoms with Crippen molar-refractivity contribution in [3.05, 3.63) is 85.1 Å². The molecule has 0 aliphatic rings. The third-order valence-corrected chi connectivity index (χ3v) is 16.1. The fourth-order valence-electron chi connectivity index (χ4n) is 10.5. The lowest BCUT2D eigenvalue weighted by Crippen LogP contribution is -2.40. The molecular formula is C78H140NO8+. The second-order valence-electron chi connectivity index (χ2n) is 25.9. The van der Waals surface area contributed by atoms with E-state index in [-0.39, 0.29) is 32.2 Å². The van der Waals surface area contributed by atoms with Gasteiger partial charge in [-0.25, -0.2) is 4.79 Å². The van der Waals surface area contributed by atoms with Crippen molar-refractivity contribution >= 4 is 17.9 Å². The van der Waals surface area contributed by atoms with E-state index in [1.54, 1.807) is 0 Å². The van der Waals surface area contributed by atoms with Crippen LogP contribution < -0.4 is 0 Å². The zero-order chi connectivity index (χ0) is 63.3. The van der Waals surface area contributed by atoms with E-state index in [2.05, 4.69) is 98.9 Å². The van der Waals surface area contributed by atoms with Gasteiger partial charge in [0.05, 0.1) is 34.4 Å². The van der Waals surface area contributed by atoms with E-state index in [1.165, 1.54) is 231 Å². The number of nitrogens with zero attached hydrogens (tertiary/aromatic N) is 1. The van der Waals surface area contributed by atoms with E-state index < -0.39 is 24.3 Å². The van der Waals surface area contributed by atoms with Crippen LogP contribution in [0.5, 0.6) is 0 Å². The van der Waals surface area contributed by atoms with Crippen LogP contribution in [0.3, 0.4) is 0 Å². The predicted molar refractivity (Wildman–Crippen MR) is 373 cm³/mol. The minimum Gasteiger partial charge on any atom is -0.477 e.